The molecule has 1 unspecified atom stereocenters. The van der Waals surface area contributed by atoms with Crippen molar-refractivity contribution in [2.45, 2.75) is 25.1 Å². The predicted molar refractivity (Wildman–Crippen MR) is 78.3 cm³/mol. The van der Waals surface area contributed by atoms with Gasteiger partial charge in [0, 0.05) is 17.9 Å². The Hall–Kier alpha value is -1.36. The van der Waals surface area contributed by atoms with Crippen molar-refractivity contribution in [3.63, 3.8) is 0 Å². The van der Waals surface area contributed by atoms with Crippen LogP contribution in [0.2, 0.25) is 0 Å². The molecule has 4 nitrogen and oxygen atoms in total. The number of fused-ring (bicyclic) bond motifs is 1. The van der Waals surface area contributed by atoms with E-state index in [-0.39, 0.29) is 0 Å². The Morgan fingerprint density at radius 2 is 2.28 bits per heavy atom. The molecular formula is C13H19N3OS. The van der Waals surface area contributed by atoms with Gasteiger partial charge in [0.25, 0.3) is 0 Å². The molecule has 0 saturated carbocycles. The van der Waals surface area contributed by atoms with Gasteiger partial charge < -0.3 is 15.0 Å². The molecule has 5 heteroatoms. The third-order valence-electron chi connectivity index (χ3n) is 3.15. The Morgan fingerprint density at radius 1 is 1.50 bits per heavy atom. The molecule has 18 heavy (non-hydrogen) atoms. The van der Waals surface area contributed by atoms with Gasteiger partial charge in [-0.3, -0.25) is 0 Å². The summed E-state index contributed by atoms with van der Waals surface area (Å²) in [4.78, 5) is 4.37. The molecule has 1 aromatic heterocycles. The molecule has 1 heterocycles. The average Bonchev–Trinajstić information content (AvgIpc) is 2.70. The Morgan fingerprint density at radius 3 is 2.94 bits per heavy atom. The maximum absolute atomic E-state index is 5.98. The van der Waals surface area contributed by atoms with Crippen LogP contribution in [0, 0.1) is 0 Å². The highest BCUT2D eigenvalue weighted by Gasteiger charge is 2.10. The van der Waals surface area contributed by atoms with Gasteiger partial charge >= 0.3 is 0 Å². The largest absolute Gasteiger partial charge is 0.497 e. The molecule has 2 aromatic rings. The van der Waals surface area contributed by atoms with Crippen molar-refractivity contribution in [2.75, 3.05) is 19.1 Å². The molecule has 0 radical (unpaired) electrons. The molecule has 1 atom stereocenters. The standard InChI is InChI=1S/C13H19N3OS/c1-9(18-3)6-7-16-12-8-10(17-2)4-5-11(12)15-13(16)14/h4-5,8-9H,6-7H2,1-3H3,(H2,14,15). The summed E-state index contributed by atoms with van der Waals surface area (Å²) in [6, 6.07) is 5.84. The minimum Gasteiger partial charge on any atom is -0.497 e. The van der Waals surface area contributed by atoms with Gasteiger partial charge in [-0.05, 0) is 24.8 Å². The van der Waals surface area contributed by atoms with Crippen molar-refractivity contribution in [2.24, 2.45) is 0 Å². The summed E-state index contributed by atoms with van der Waals surface area (Å²) in [5, 5.41) is 0.618. The molecule has 98 valence electrons. The zero-order valence-electron chi connectivity index (χ0n) is 11.0. The van der Waals surface area contributed by atoms with Crippen molar-refractivity contribution < 1.29 is 4.74 Å². The van der Waals surface area contributed by atoms with Crippen molar-refractivity contribution in [1.82, 2.24) is 9.55 Å². The highest BCUT2D eigenvalue weighted by Crippen LogP contribution is 2.24. The summed E-state index contributed by atoms with van der Waals surface area (Å²) in [7, 11) is 1.67. The summed E-state index contributed by atoms with van der Waals surface area (Å²) in [6.07, 6.45) is 3.21. The second kappa shape index (κ2) is 5.52. The van der Waals surface area contributed by atoms with Crippen LogP contribution < -0.4 is 10.5 Å². The third kappa shape index (κ3) is 2.56. The number of nitrogens with two attached hydrogens (primary N) is 1. The number of hydrogen-bond donors (Lipinski definition) is 1. The number of anilines is 1. The first-order valence-corrected chi connectivity index (χ1v) is 7.27. The quantitative estimate of drug-likeness (QED) is 0.903. The van der Waals surface area contributed by atoms with E-state index in [0.717, 1.165) is 29.7 Å². The number of nitrogen functional groups attached to an aromatic ring is 1. The normalized spacial score (nSPS) is 12.8. The number of aryl methyl sites for hydroxylation is 1. The number of ether oxygens (including phenoxy) is 1. The van der Waals surface area contributed by atoms with Crippen LogP contribution in [0.25, 0.3) is 11.0 Å². The van der Waals surface area contributed by atoms with Crippen molar-refractivity contribution in [1.29, 1.82) is 0 Å². The van der Waals surface area contributed by atoms with E-state index in [9.17, 15) is 0 Å². The molecule has 0 saturated heterocycles. The Bertz CT molecular complexity index is 538. The summed E-state index contributed by atoms with van der Waals surface area (Å²) in [5.41, 5.74) is 7.94. The lowest BCUT2D eigenvalue weighted by atomic mass is 10.3. The van der Waals surface area contributed by atoms with Crippen LogP contribution in [0.5, 0.6) is 5.75 Å². The number of aromatic nitrogens is 2. The second-order valence-corrected chi connectivity index (χ2v) is 5.59. The highest BCUT2D eigenvalue weighted by molar-refractivity contribution is 7.99. The summed E-state index contributed by atoms with van der Waals surface area (Å²) < 4.78 is 7.31. The monoisotopic (exact) mass is 265 g/mol. The van der Waals surface area contributed by atoms with Crippen LogP contribution in [-0.2, 0) is 6.54 Å². The molecule has 0 amide bonds. The van der Waals surface area contributed by atoms with Crippen LogP contribution in [0.15, 0.2) is 18.2 Å². The summed E-state index contributed by atoms with van der Waals surface area (Å²) >= 11 is 1.87. The fraction of sp³-hybridized carbons (Fsp3) is 0.462. The zero-order valence-corrected chi connectivity index (χ0v) is 11.8. The topological polar surface area (TPSA) is 53.1 Å². The average molecular weight is 265 g/mol. The van der Waals surface area contributed by atoms with E-state index in [1.165, 1.54) is 0 Å². The predicted octanol–water partition coefficient (Wildman–Crippen LogP) is 2.77. The highest BCUT2D eigenvalue weighted by atomic mass is 32.2. The molecule has 0 bridgehead atoms. The number of nitrogens with zero attached hydrogens (tertiary/aromatic N) is 2. The van der Waals surface area contributed by atoms with Crippen LogP contribution in [0.4, 0.5) is 5.95 Å². The SMILES string of the molecule is COc1ccc2nc(N)n(CCC(C)SC)c2c1. The van der Waals surface area contributed by atoms with Crippen LogP contribution in [-0.4, -0.2) is 28.2 Å². The van der Waals surface area contributed by atoms with Crippen LogP contribution >= 0.6 is 11.8 Å². The zero-order chi connectivity index (χ0) is 13.1. The molecular weight excluding hydrogens is 246 g/mol. The van der Waals surface area contributed by atoms with Crippen LogP contribution in [0.3, 0.4) is 0 Å². The van der Waals surface area contributed by atoms with Crippen molar-refractivity contribution >= 4 is 28.7 Å². The second-order valence-electron chi connectivity index (χ2n) is 4.31. The lowest BCUT2D eigenvalue weighted by Gasteiger charge is -2.10. The molecule has 0 aliphatic rings. The van der Waals surface area contributed by atoms with E-state index in [0.29, 0.717) is 11.2 Å². The van der Waals surface area contributed by atoms with Gasteiger partial charge in [0.15, 0.2) is 0 Å². The smallest absolute Gasteiger partial charge is 0.201 e. The first-order valence-electron chi connectivity index (χ1n) is 5.98. The van der Waals surface area contributed by atoms with E-state index in [1.54, 1.807) is 7.11 Å². The van der Waals surface area contributed by atoms with Crippen molar-refractivity contribution in [3.8, 4) is 5.75 Å². The van der Waals surface area contributed by atoms with E-state index in [4.69, 9.17) is 10.5 Å². The van der Waals surface area contributed by atoms with E-state index >= 15 is 0 Å². The maximum atomic E-state index is 5.98. The molecule has 2 N–H and O–H groups in total. The molecule has 0 spiro atoms. The lowest BCUT2D eigenvalue weighted by Crippen LogP contribution is -2.07. The number of rotatable bonds is 5. The first-order chi connectivity index (χ1) is 8.65. The Balaban J connectivity index is 2.32. The number of benzene rings is 1. The van der Waals surface area contributed by atoms with Gasteiger partial charge in [-0.25, -0.2) is 4.98 Å². The molecule has 2 rings (SSSR count). The van der Waals surface area contributed by atoms with Gasteiger partial charge in [-0.2, -0.15) is 11.8 Å². The number of imidazole rings is 1. The van der Waals surface area contributed by atoms with Gasteiger partial charge in [-0.15, -0.1) is 0 Å². The van der Waals surface area contributed by atoms with Crippen LogP contribution in [0.1, 0.15) is 13.3 Å². The maximum Gasteiger partial charge on any atom is 0.201 e. The van der Waals surface area contributed by atoms with Gasteiger partial charge in [0.05, 0.1) is 18.1 Å². The van der Waals surface area contributed by atoms with Gasteiger partial charge in [0.2, 0.25) is 5.95 Å². The third-order valence-corrected chi connectivity index (χ3v) is 4.19. The minimum absolute atomic E-state index is 0.576. The van der Waals surface area contributed by atoms with Gasteiger partial charge in [-0.1, -0.05) is 6.92 Å². The Kier molecular flexibility index (Phi) is 4.01. The van der Waals surface area contributed by atoms with E-state index < -0.39 is 0 Å². The summed E-state index contributed by atoms with van der Waals surface area (Å²) in [5.74, 6) is 1.41. The molecule has 0 aliphatic heterocycles. The number of methoxy groups -OCH3 is 1. The number of thioether (sulfide) groups is 1. The lowest BCUT2D eigenvalue weighted by molar-refractivity contribution is 0.415. The van der Waals surface area contributed by atoms with E-state index in [2.05, 4.69) is 22.7 Å². The first kappa shape index (κ1) is 13.1. The summed E-state index contributed by atoms with van der Waals surface area (Å²) in [6.45, 7) is 3.11. The minimum atomic E-state index is 0.576. The van der Waals surface area contributed by atoms with Gasteiger partial charge in [0.1, 0.15) is 5.75 Å². The molecule has 1 aromatic carbocycles. The number of hydrogen-bond acceptors (Lipinski definition) is 4. The molecule has 0 fully saturated rings. The fourth-order valence-corrected chi connectivity index (χ4v) is 2.25. The fourth-order valence-electron chi connectivity index (χ4n) is 1.91. The van der Waals surface area contributed by atoms with E-state index in [1.807, 2.05) is 30.0 Å². The van der Waals surface area contributed by atoms with Crippen molar-refractivity contribution in [3.05, 3.63) is 18.2 Å². The molecule has 0 aliphatic carbocycles. The Labute approximate surface area is 112 Å².